The zero-order valence-electron chi connectivity index (χ0n) is 14.8. The largest absolute Gasteiger partial charge is 0.450 e. The summed E-state index contributed by atoms with van der Waals surface area (Å²) in [6.45, 7) is 7.19. The number of likely N-dealkylation sites (N-methyl/N-ethyl adjacent to an activating group) is 1. The Morgan fingerprint density at radius 2 is 1.79 bits per heavy atom. The number of piperazine rings is 1. The Kier molecular flexibility index (Phi) is 6.61. The minimum Gasteiger partial charge on any atom is -0.450 e. The van der Waals surface area contributed by atoms with Gasteiger partial charge in [0.15, 0.2) is 0 Å². The number of hydrogen-bond donors (Lipinski definition) is 0. The maximum absolute atomic E-state index is 12.5. The smallest absolute Gasteiger partial charge is 0.409 e. The third kappa shape index (κ3) is 4.71. The van der Waals surface area contributed by atoms with Crippen molar-refractivity contribution in [3.05, 3.63) is 35.9 Å². The minimum absolute atomic E-state index is 0.0412. The van der Waals surface area contributed by atoms with Crippen LogP contribution < -0.4 is 0 Å². The molecule has 1 heterocycles. The fraction of sp³-hybridized carbons (Fsp3) is 0.556. The van der Waals surface area contributed by atoms with E-state index in [0.29, 0.717) is 39.3 Å². The van der Waals surface area contributed by atoms with E-state index in [2.05, 4.69) is 4.90 Å². The lowest BCUT2D eigenvalue weighted by molar-refractivity contribution is -0.133. The van der Waals surface area contributed by atoms with Gasteiger partial charge in [-0.25, -0.2) is 4.79 Å². The van der Waals surface area contributed by atoms with Crippen LogP contribution in [0.1, 0.15) is 25.5 Å². The van der Waals surface area contributed by atoms with Crippen molar-refractivity contribution < 1.29 is 14.3 Å². The lowest BCUT2D eigenvalue weighted by Crippen LogP contribution is -2.51. The van der Waals surface area contributed by atoms with Gasteiger partial charge >= 0.3 is 6.09 Å². The number of amides is 2. The summed E-state index contributed by atoms with van der Waals surface area (Å²) in [5.74, 6) is 0.0935. The van der Waals surface area contributed by atoms with Crippen LogP contribution in [0.25, 0.3) is 0 Å². The number of rotatable bonds is 5. The van der Waals surface area contributed by atoms with Gasteiger partial charge in [0, 0.05) is 33.2 Å². The van der Waals surface area contributed by atoms with E-state index in [1.807, 2.05) is 44.3 Å². The average molecular weight is 333 g/mol. The molecule has 0 radical (unpaired) electrons. The predicted molar refractivity (Wildman–Crippen MR) is 92.7 cm³/mol. The highest BCUT2D eigenvalue weighted by atomic mass is 16.6. The molecule has 1 saturated heterocycles. The van der Waals surface area contributed by atoms with E-state index in [4.69, 9.17) is 4.74 Å². The number of nitrogens with zero attached hydrogens (tertiary/aromatic N) is 3. The molecule has 1 unspecified atom stereocenters. The Bertz CT molecular complexity index is 542. The molecule has 2 amide bonds. The molecule has 132 valence electrons. The Morgan fingerprint density at radius 3 is 2.38 bits per heavy atom. The summed E-state index contributed by atoms with van der Waals surface area (Å²) in [5.41, 5.74) is 1.13. The molecule has 2 rings (SSSR count). The zero-order valence-corrected chi connectivity index (χ0v) is 14.8. The molecule has 0 N–H and O–H groups in total. The maximum atomic E-state index is 12.5. The summed E-state index contributed by atoms with van der Waals surface area (Å²) in [7, 11) is 1.84. The molecular formula is C18H27N3O3. The quantitative estimate of drug-likeness (QED) is 0.827. The molecule has 1 fully saturated rings. The normalized spacial score (nSPS) is 16.5. The van der Waals surface area contributed by atoms with Crippen LogP contribution >= 0.6 is 0 Å². The van der Waals surface area contributed by atoms with Crippen molar-refractivity contribution in [1.29, 1.82) is 0 Å². The van der Waals surface area contributed by atoms with Gasteiger partial charge in [-0.05, 0) is 19.4 Å². The van der Waals surface area contributed by atoms with Gasteiger partial charge in [0.25, 0.3) is 0 Å². The first kappa shape index (κ1) is 18.3. The van der Waals surface area contributed by atoms with Crippen molar-refractivity contribution >= 4 is 12.0 Å². The van der Waals surface area contributed by atoms with Crippen LogP contribution in [0.3, 0.4) is 0 Å². The second-order valence-electron chi connectivity index (χ2n) is 6.05. The lowest BCUT2D eigenvalue weighted by atomic mass is 10.1. The van der Waals surface area contributed by atoms with Crippen LogP contribution in [0, 0.1) is 0 Å². The van der Waals surface area contributed by atoms with Gasteiger partial charge in [0.1, 0.15) is 0 Å². The molecule has 0 aliphatic carbocycles. The lowest BCUT2D eigenvalue weighted by Gasteiger charge is -2.35. The van der Waals surface area contributed by atoms with Crippen molar-refractivity contribution in [2.75, 3.05) is 46.4 Å². The molecule has 1 aromatic rings. The summed E-state index contributed by atoms with van der Waals surface area (Å²) in [4.78, 5) is 29.8. The summed E-state index contributed by atoms with van der Waals surface area (Å²) in [6.07, 6.45) is -0.265. The van der Waals surface area contributed by atoms with Gasteiger partial charge in [-0.1, -0.05) is 30.3 Å². The molecule has 6 nitrogen and oxygen atoms in total. The highest BCUT2D eigenvalue weighted by molar-refractivity contribution is 5.78. The van der Waals surface area contributed by atoms with Gasteiger partial charge < -0.3 is 14.5 Å². The highest BCUT2D eigenvalue weighted by Crippen LogP contribution is 2.18. The van der Waals surface area contributed by atoms with Crippen molar-refractivity contribution in [2.45, 2.75) is 19.9 Å². The summed E-state index contributed by atoms with van der Waals surface area (Å²) >= 11 is 0. The molecule has 0 bridgehead atoms. The zero-order chi connectivity index (χ0) is 17.5. The molecule has 1 atom stereocenters. The number of carbonyl (C=O) groups excluding carboxylic acids is 2. The van der Waals surface area contributed by atoms with E-state index in [0.717, 1.165) is 5.56 Å². The van der Waals surface area contributed by atoms with Gasteiger partial charge in [0.05, 0.1) is 19.2 Å². The standard InChI is InChI=1S/C18H27N3O3/c1-4-24-18(23)21-12-10-20(11-13-21)14-17(22)19(3)15(2)16-8-6-5-7-9-16/h5-9,15H,4,10-14H2,1-3H3. The van der Waals surface area contributed by atoms with E-state index < -0.39 is 0 Å². The second kappa shape index (κ2) is 8.68. The number of hydrogen-bond acceptors (Lipinski definition) is 4. The average Bonchev–Trinajstić information content (AvgIpc) is 2.62. The van der Waals surface area contributed by atoms with Crippen molar-refractivity contribution in [3.8, 4) is 0 Å². The van der Waals surface area contributed by atoms with Crippen LogP contribution in [0.2, 0.25) is 0 Å². The van der Waals surface area contributed by atoms with E-state index in [-0.39, 0.29) is 18.0 Å². The summed E-state index contributed by atoms with van der Waals surface area (Å²) in [6, 6.07) is 10.1. The van der Waals surface area contributed by atoms with Crippen molar-refractivity contribution in [1.82, 2.24) is 14.7 Å². The van der Waals surface area contributed by atoms with Crippen LogP contribution in [-0.4, -0.2) is 73.1 Å². The molecule has 24 heavy (non-hydrogen) atoms. The molecule has 0 aromatic heterocycles. The highest BCUT2D eigenvalue weighted by Gasteiger charge is 2.25. The first-order valence-corrected chi connectivity index (χ1v) is 8.47. The second-order valence-corrected chi connectivity index (χ2v) is 6.05. The third-order valence-corrected chi connectivity index (χ3v) is 4.51. The van der Waals surface area contributed by atoms with Gasteiger partial charge in [0.2, 0.25) is 5.91 Å². The predicted octanol–water partition coefficient (Wildman–Crippen LogP) is 1.98. The van der Waals surface area contributed by atoms with Gasteiger partial charge in [-0.3, -0.25) is 9.69 Å². The SMILES string of the molecule is CCOC(=O)N1CCN(CC(=O)N(C)C(C)c2ccccc2)CC1. The fourth-order valence-electron chi connectivity index (χ4n) is 2.78. The van der Waals surface area contributed by atoms with Crippen LogP contribution in [0.15, 0.2) is 30.3 Å². The third-order valence-electron chi connectivity index (χ3n) is 4.51. The van der Waals surface area contributed by atoms with Crippen molar-refractivity contribution in [3.63, 3.8) is 0 Å². The number of carbonyl (C=O) groups is 2. The molecule has 0 saturated carbocycles. The van der Waals surface area contributed by atoms with E-state index >= 15 is 0 Å². The molecule has 6 heteroatoms. The Morgan fingerprint density at radius 1 is 1.17 bits per heavy atom. The summed E-state index contributed by atoms with van der Waals surface area (Å²) in [5, 5.41) is 0. The van der Waals surface area contributed by atoms with Crippen LogP contribution in [0.5, 0.6) is 0 Å². The maximum Gasteiger partial charge on any atom is 0.409 e. The Labute approximate surface area is 144 Å². The number of benzene rings is 1. The van der Waals surface area contributed by atoms with Gasteiger partial charge in [-0.15, -0.1) is 0 Å². The molecule has 1 aromatic carbocycles. The van der Waals surface area contributed by atoms with Gasteiger partial charge in [-0.2, -0.15) is 0 Å². The first-order valence-electron chi connectivity index (χ1n) is 8.47. The van der Waals surface area contributed by atoms with Crippen LogP contribution in [0.4, 0.5) is 4.79 Å². The van der Waals surface area contributed by atoms with Crippen molar-refractivity contribution in [2.24, 2.45) is 0 Å². The fourth-order valence-corrected chi connectivity index (χ4v) is 2.78. The van der Waals surface area contributed by atoms with Crippen LogP contribution in [-0.2, 0) is 9.53 Å². The monoisotopic (exact) mass is 333 g/mol. The van der Waals surface area contributed by atoms with E-state index in [1.165, 1.54) is 0 Å². The Balaban J connectivity index is 1.82. The van der Waals surface area contributed by atoms with E-state index in [9.17, 15) is 9.59 Å². The molecule has 1 aliphatic heterocycles. The molecule has 0 spiro atoms. The topological polar surface area (TPSA) is 53.1 Å². The molecular weight excluding hydrogens is 306 g/mol. The molecule has 1 aliphatic rings. The minimum atomic E-state index is -0.265. The summed E-state index contributed by atoms with van der Waals surface area (Å²) < 4.78 is 5.01. The Hall–Kier alpha value is -2.08. The van der Waals surface area contributed by atoms with E-state index in [1.54, 1.807) is 16.7 Å². The first-order chi connectivity index (χ1) is 11.5. The number of ether oxygens (including phenoxy) is 1.